The Balaban J connectivity index is 1.86. The van der Waals surface area contributed by atoms with E-state index in [0.717, 1.165) is 24.8 Å². The quantitative estimate of drug-likeness (QED) is 0.845. The highest BCUT2D eigenvalue weighted by Crippen LogP contribution is 2.39. The SMILES string of the molecule is C[C@@H]1CC(c2ccncc2N)CC[C@H]1OC(=O)NC(=O)OC(C)(C)C. The number of nitrogens with two attached hydrogens (primary N) is 1. The number of imide groups is 1. The molecule has 1 heterocycles. The average Bonchev–Trinajstić information content (AvgIpc) is 2.47. The molecule has 1 fully saturated rings. The van der Waals surface area contributed by atoms with Gasteiger partial charge < -0.3 is 15.2 Å². The van der Waals surface area contributed by atoms with Crippen molar-refractivity contribution in [3.05, 3.63) is 24.0 Å². The number of aromatic nitrogens is 1. The Bertz CT molecular complexity index is 627. The molecular weight excluding hydrogens is 322 g/mol. The Morgan fingerprint density at radius 2 is 2.00 bits per heavy atom. The summed E-state index contributed by atoms with van der Waals surface area (Å²) in [5, 5.41) is 2.11. The van der Waals surface area contributed by atoms with Gasteiger partial charge >= 0.3 is 12.2 Å². The van der Waals surface area contributed by atoms with E-state index in [0.29, 0.717) is 11.6 Å². The summed E-state index contributed by atoms with van der Waals surface area (Å²) in [4.78, 5) is 27.5. The summed E-state index contributed by atoms with van der Waals surface area (Å²) in [6.07, 6.45) is 4.04. The molecule has 3 atom stereocenters. The molecule has 25 heavy (non-hydrogen) atoms. The smallest absolute Gasteiger partial charge is 0.417 e. The molecule has 2 rings (SSSR count). The number of ether oxygens (including phenoxy) is 2. The maximum absolute atomic E-state index is 11.9. The van der Waals surface area contributed by atoms with E-state index >= 15 is 0 Å². The summed E-state index contributed by atoms with van der Waals surface area (Å²) in [5.41, 5.74) is 7.13. The fraction of sp³-hybridized carbons (Fsp3) is 0.611. The predicted molar refractivity (Wildman–Crippen MR) is 94.0 cm³/mol. The fourth-order valence-corrected chi connectivity index (χ4v) is 3.17. The lowest BCUT2D eigenvalue weighted by Crippen LogP contribution is -2.40. The van der Waals surface area contributed by atoms with Crippen LogP contribution < -0.4 is 11.1 Å². The number of hydrogen-bond donors (Lipinski definition) is 2. The van der Waals surface area contributed by atoms with E-state index in [1.165, 1.54) is 0 Å². The third kappa shape index (κ3) is 5.62. The monoisotopic (exact) mass is 349 g/mol. The molecular formula is C18H27N3O4. The van der Waals surface area contributed by atoms with E-state index in [4.69, 9.17) is 15.2 Å². The van der Waals surface area contributed by atoms with Crippen LogP contribution in [-0.4, -0.2) is 28.9 Å². The second-order valence-corrected chi connectivity index (χ2v) is 7.56. The first-order chi connectivity index (χ1) is 11.7. The first-order valence-electron chi connectivity index (χ1n) is 8.55. The first kappa shape index (κ1) is 19.0. The average molecular weight is 349 g/mol. The molecule has 1 aromatic heterocycles. The summed E-state index contributed by atoms with van der Waals surface area (Å²) in [5.74, 6) is 0.488. The third-order valence-corrected chi connectivity index (χ3v) is 4.28. The van der Waals surface area contributed by atoms with Crippen LogP contribution in [0.1, 0.15) is 58.4 Å². The summed E-state index contributed by atoms with van der Waals surface area (Å²) in [6.45, 7) is 7.22. The molecule has 7 heteroatoms. The van der Waals surface area contributed by atoms with Crippen molar-refractivity contribution in [3.63, 3.8) is 0 Å². The Hall–Kier alpha value is -2.31. The van der Waals surface area contributed by atoms with Gasteiger partial charge in [0.25, 0.3) is 0 Å². The van der Waals surface area contributed by atoms with E-state index in [2.05, 4.69) is 10.3 Å². The fourth-order valence-electron chi connectivity index (χ4n) is 3.17. The summed E-state index contributed by atoms with van der Waals surface area (Å²) < 4.78 is 10.5. The molecule has 0 radical (unpaired) electrons. The number of amides is 2. The van der Waals surface area contributed by atoms with Crippen LogP contribution in [0.3, 0.4) is 0 Å². The van der Waals surface area contributed by atoms with Crippen molar-refractivity contribution in [3.8, 4) is 0 Å². The van der Waals surface area contributed by atoms with Crippen molar-refractivity contribution in [2.75, 3.05) is 5.73 Å². The number of pyridine rings is 1. The van der Waals surface area contributed by atoms with Crippen molar-refractivity contribution in [1.82, 2.24) is 10.3 Å². The van der Waals surface area contributed by atoms with Crippen molar-refractivity contribution >= 4 is 17.9 Å². The van der Waals surface area contributed by atoms with Crippen molar-refractivity contribution < 1.29 is 19.1 Å². The zero-order valence-electron chi connectivity index (χ0n) is 15.2. The van der Waals surface area contributed by atoms with Gasteiger partial charge in [-0.3, -0.25) is 4.98 Å². The van der Waals surface area contributed by atoms with Crippen LogP contribution >= 0.6 is 0 Å². The molecule has 1 saturated carbocycles. The number of nitrogens with one attached hydrogen (secondary N) is 1. The number of alkyl carbamates (subject to hydrolysis) is 2. The van der Waals surface area contributed by atoms with Crippen molar-refractivity contribution in [2.45, 2.75) is 64.6 Å². The minimum Gasteiger partial charge on any atom is -0.446 e. The molecule has 1 unspecified atom stereocenters. The molecule has 0 saturated heterocycles. The lowest BCUT2D eigenvalue weighted by molar-refractivity contribution is 0.0282. The van der Waals surface area contributed by atoms with E-state index in [1.54, 1.807) is 33.2 Å². The number of anilines is 1. The Morgan fingerprint density at radius 3 is 2.60 bits per heavy atom. The molecule has 7 nitrogen and oxygen atoms in total. The van der Waals surface area contributed by atoms with Gasteiger partial charge in [-0.2, -0.15) is 0 Å². The number of rotatable bonds is 2. The van der Waals surface area contributed by atoms with Gasteiger partial charge in [0.15, 0.2) is 0 Å². The van der Waals surface area contributed by atoms with E-state index < -0.39 is 17.8 Å². The topological polar surface area (TPSA) is 104 Å². The normalized spacial score (nSPS) is 23.6. The number of carbonyl (C=O) groups is 2. The molecule has 1 aliphatic rings. The standard InChI is InChI=1S/C18H27N3O4/c1-11-9-12(13-7-8-20-10-14(13)19)5-6-15(11)24-16(22)21-17(23)25-18(2,3)4/h7-8,10-12,15H,5-6,9,19H2,1-4H3,(H,21,22,23)/t11-,12?,15-/m1/s1. The lowest BCUT2D eigenvalue weighted by atomic mass is 9.77. The molecule has 0 spiro atoms. The summed E-state index contributed by atoms with van der Waals surface area (Å²) in [7, 11) is 0. The van der Waals surface area contributed by atoms with E-state index in [-0.39, 0.29) is 12.0 Å². The second kappa shape index (κ2) is 7.72. The Kier molecular flexibility index (Phi) is 5.87. The van der Waals surface area contributed by atoms with Crippen LogP contribution in [0.5, 0.6) is 0 Å². The van der Waals surface area contributed by atoms with Crippen LogP contribution in [0, 0.1) is 5.92 Å². The largest absolute Gasteiger partial charge is 0.446 e. The van der Waals surface area contributed by atoms with Gasteiger partial charge in [-0.1, -0.05) is 6.92 Å². The van der Waals surface area contributed by atoms with Crippen LogP contribution in [-0.2, 0) is 9.47 Å². The molecule has 0 bridgehead atoms. The minimum atomic E-state index is -0.802. The third-order valence-electron chi connectivity index (χ3n) is 4.28. The number of nitrogen functional groups attached to an aromatic ring is 1. The second-order valence-electron chi connectivity index (χ2n) is 7.56. The Morgan fingerprint density at radius 1 is 1.28 bits per heavy atom. The van der Waals surface area contributed by atoms with Gasteiger partial charge in [-0.25, -0.2) is 14.9 Å². The minimum absolute atomic E-state index is 0.163. The molecule has 2 amide bonds. The maximum atomic E-state index is 11.9. The van der Waals surface area contributed by atoms with Gasteiger partial charge in [-0.05, 0) is 63.5 Å². The van der Waals surface area contributed by atoms with Gasteiger partial charge in [0.2, 0.25) is 0 Å². The summed E-state index contributed by atoms with van der Waals surface area (Å²) in [6, 6.07) is 1.95. The number of hydrogen-bond acceptors (Lipinski definition) is 6. The molecule has 1 aromatic rings. The van der Waals surface area contributed by atoms with Crippen molar-refractivity contribution in [2.24, 2.45) is 5.92 Å². The molecule has 1 aliphatic carbocycles. The van der Waals surface area contributed by atoms with Crippen LogP contribution in [0.25, 0.3) is 0 Å². The number of carbonyl (C=O) groups excluding carboxylic acids is 2. The van der Waals surface area contributed by atoms with Gasteiger partial charge in [-0.15, -0.1) is 0 Å². The highest BCUT2D eigenvalue weighted by Gasteiger charge is 2.32. The molecule has 0 aromatic carbocycles. The first-order valence-corrected chi connectivity index (χ1v) is 8.55. The molecule has 138 valence electrons. The predicted octanol–water partition coefficient (Wildman–Crippen LogP) is 3.60. The maximum Gasteiger partial charge on any atom is 0.417 e. The highest BCUT2D eigenvalue weighted by molar-refractivity contribution is 5.87. The van der Waals surface area contributed by atoms with Gasteiger partial charge in [0.1, 0.15) is 11.7 Å². The van der Waals surface area contributed by atoms with Gasteiger partial charge in [0.05, 0.1) is 11.9 Å². The van der Waals surface area contributed by atoms with E-state index in [9.17, 15) is 9.59 Å². The Labute approximate surface area is 148 Å². The van der Waals surface area contributed by atoms with Crippen LogP contribution in [0.4, 0.5) is 15.3 Å². The number of nitrogens with zero attached hydrogens (tertiary/aromatic N) is 1. The zero-order valence-corrected chi connectivity index (χ0v) is 15.2. The zero-order chi connectivity index (χ0) is 18.6. The van der Waals surface area contributed by atoms with Crippen LogP contribution in [0.2, 0.25) is 0 Å². The lowest BCUT2D eigenvalue weighted by Gasteiger charge is -2.34. The van der Waals surface area contributed by atoms with Crippen LogP contribution in [0.15, 0.2) is 18.5 Å². The molecule has 0 aliphatic heterocycles. The summed E-state index contributed by atoms with van der Waals surface area (Å²) >= 11 is 0. The van der Waals surface area contributed by atoms with Crippen molar-refractivity contribution in [1.29, 1.82) is 0 Å². The highest BCUT2D eigenvalue weighted by atomic mass is 16.6. The molecule has 3 N–H and O–H groups in total. The van der Waals surface area contributed by atoms with Gasteiger partial charge in [0, 0.05) is 6.20 Å². The van der Waals surface area contributed by atoms with E-state index in [1.807, 2.05) is 13.0 Å².